The van der Waals surface area contributed by atoms with E-state index in [0.29, 0.717) is 6.54 Å². The molecule has 0 spiro atoms. The van der Waals surface area contributed by atoms with E-state index < -0.39 is 11.6 Å². The zero-order valence-electron chi connectivity index (χ0n) is 11.9. The average molecular weight is 282 g/mol. The number of Topliss-reactive ketones (excluding diaryl/α,β-unsaturated/α-hetero) is 1. The first kappa shape index (κ1) is 15.1. The van der Waals surface area contributed by atoms with E-state index in [4.69, 9.17) is 0 Å². The van der Waals surface area contributed by atoms with Crippen LogP contribution in [0.5, 0.6) is 0 Å². The van der Waals surface area contributed by atoms with Gasteiger partial charge < -0.3 is 9.80 Å². The molecule has 0 bridgehead atoms. The normalized spacial score (nSPS) is 19.0. The molecular formula is C15H20F2N2O. The number of carbonyl (C=O) groups is 1. The van der Waals surface area contributed by atoms with Crippen LogP contribution in [0.25, 0.3) is 0 Å². The largest absolute Gasteiger partial charge is 0.304 e. The molecule has 110 valence electrons. The molecule has 1 aromatic carbocycles. The quantitative estimate of drug-likeness (QED) is 0.790. The van der Waals surface area contributed by atoms with Crippen LogP contribution in [0.3, 0.4) is 0 Å². The van der Waals surface area contributed by atoms with E-state index in [1.54, 1.807) is 0 Å². The predicted molar refractivity (Wildman–Crippen MR) is 73.8 cm³/mol. The Bertz CT molecular complexity index is 485. The summed E-state index contributed by atoms with van der Waals surface area (Å²) >= 11 is 0. The third kappa shape index (κ3) is 3.61. The van der Waals surface area contributed by atoms with E-state index in [2.05, 4.69) is 16.8 Å². The van der Waals surface area contributed by atoms with Crippen molar-refractivity contribution in [3.63, 3.8) is 0 Å². The molecule has 5 heteroatoms. The van der Waals surface area contributed by atoms with Crippen molar-refractivity contribution >= 4 is 5.78 Å². The van der Waals surface area contributed by atoms with Crippen molar-refractivity contribution in [3.8, 4) is 0 Å². The second-order valence-electron chi connectivity index (χ2n) is 5.50. The number of likely N-dealkylation sites (N-methyl/N-ethyl adjacent to an activating group) is 1. The number of ketones is 1. The lowest BCUT2D eigenvalue weighted by Crippen LogP contribution is -2.46. The highest BCUT2D eigenvalue weighted by atomic mass is 19.2. The zero-order chi connectivity index (χ0) is 14.7. The molecule has 1 atom stereocenters. The first-order valence-electron chi connectivity index (χ1n) is 6.87. The van der Waals surface area contributed by atoms with E-state index in [9.17, 15) is 13.6 Å². The summed E-state index contributed by atoms with van der Waals surface area (Å²) in [5.74, 6) is -2.25. The Balaban J connectivity index is 1.96. The van der Waals surface area contributed by atoms with Crippen LogP contribution in [0.4, 0.5) is 8.78 Å². The van der Waals surface area contributed by atoms with Crippen molar-refractivity contribution in [1.29, 1.82) is 0 Å². The van der Waals surface area contributed by atoms with E-state index in [0.717, 1.165) is 38.3 Å². The predicted octanol–water partition coefficient (Wildman–Crippen LogP) is 2.03. The number of benzene rings is 1. The summed E-state index contributed by atoms with van der Waals surface area (Å²) in [6.07, 6.45) is 0. The van der Waals surface area contributed by atoms with Gasteiger partial charge in [0.1, 0.15) is 0 Å². The van der Waals surface area contributed by atoms with Gasteiger partial charge in [0, 0.05) is 44.2 Å². The van der Waals surface area contributed by atoms with Gasteiger partial charge in [-0.1, -0.05) is 6.92 Å². The van der Waals surface area contributed by atoms with Crippen molar-refractivity contribution in [2.45, 2.75) is 6.92 Å². The monoisotopic (exact) mass is 282 g/mol. The van der Waals surface area contributed by atoms with Crippen LogP contribution < -0.4 is 0 Å². The number of nitrogens with zero attached hydrogens (tertiary/aromatic N) is 2. The lowest BCUT2D eigenvalue weighted by atomic mass is 9.98. The minimum Gasteiger partial charge on any atom is -0.304 e. The fourth-order valence-corrected chi connectivity index (χ4v) is 2.43. The lowest BCUT2D eigenvalue weighted by molar-refractivity contribution is 0.0854. The third-order valence-corrected chi connectivity index (χ3v) is 3.78. The van der Waals surface area contributed by atoms with Crippen LogP contribution in [0.1, 0.15) is 17.3 Å². The Morgan fingerprint density at radius 1 is 1.20 bits per heavy atom. The molecule has 2 rings (SSSR count). The molecule has 0 saturated carbocycles. The molecular weight excluding hydrogens is 262 g/mol. The fourth-order valence-electron chi connectivity index (χ4n) is 2.43. The van der Waals surface area contributed by atoms with Crippen molar-refractivity contribution in [2.24, 2.45) is 5.92 Å². The summed E-state index contributed by atoms with van der Waals surface area (Å²) < 4.78 is 26.0. The molecule has 1 aliphatic heterocycles. The smallest absolute Gasteiger partial charge is 0.167 e. The second-order valence-corrected chi connectivity index (χ2v) is 5.50. The van der Waals surface area contributed by atoms with Gasteiger partial charge in [0.15, 0.2) is 17.4 Å². The van der Waals surface area contributed by atoms with Gasteiger partial charge in [-0.3, -0.25) is 4.79 Å². The maximum Gasteiger partial charge on any atom is 0.167 e. The number of rotatable bonds is 4. The maximum atomic E-state index is 13.2. The molecule has 0 N–H and O–H groups in total. The summed E-state index contributed by atoms with van der Waals surface area (Å²) in [4.78, 5) is 16.7. The van der Waals surface area contributed by atoms with Gasteiger partial charge in [-0.15, -0.1) is 0 Å². The first-order valence-corrected chi connectivity index (χ1v) is 6.87. The molecule has 0 aliphatic carbocycles. The van der Waals surface area contributed by atoms with Gasteiger partial charge in [0.05, 0.1) is 0 Å². The fraction of sp³-hybridized carbons (Fsp3) is 0.533. The minimum absolute atomic E-state index is 0.136. The molecule has 0 radical (unpaired) electrons. The van der Waals surface area contributed by atoms with Crippen molar-refractivity contribution < 1.29 is 13.6 Å². The third-order valence-electron chi connectivity index (χ3n) is 3.78. The molecule has 20 heavy (non-hydrogen) atoms. The summed E-state index contributed by atoms with van der Waals surface area (Å²) in [5.41, 5.74) is 0.241. The Morgan fingerprint density at radius 2 is 1.85 bits per heavy atom. The summed E-state index contributed by atoms with van der Waals surface area (Å²) in [6.45, 7) is 6.35. The van der Waals surface area contributed by atoms with Crippen LogP contribution in [-0.2, 0) is 0 Å². The van der Waals surface area contributed by atoms with Gasteiger partial charge in [0.25, 0.3) is 0 Å². The van der Waals surface area contributed by atoms with Gasteiger partial charge in [-0.25, -0.2) is 8.78 Å². The molecule has 1 aromatic rings. The SMILES string of the molecule is CC(CN1CCN(C)CC1)C(=O)c1ccc(F)c(F)c1. The van der Waals surface area contributed by atoms with Crippen LogP contribution in [0.2, 0.25) is 0 Å². The highest BCUT2D eigenvalue weighted by molar-refractivity contribution is 5.97. The van der Waals surface area contributed by atoms with Gasteiger partial charge in [0.2, 0.25) is 0 Å². The standard InChI is InChI=1S/C15H20F2N2O/c1-11(10-19-7-5-18(2)6-8-19)15(20)12-3-4-13(16)14(17)9-12/h3-4,9,11H,5-8,10H2,1-2H3. The second kappa shape index (κ2) is 6.41. The lowest BCUT2D eigenvalue weighted by Gasteiger charge is -2.33. The van der Waals surface area contributed by atoms with E-state index in [1.165, 1.54) is 6.07 Å². The molecule has 1 aliphatic rings. The van der Waals surface area contributed by atoms with Crippen LogP contribution >= 0.6 is 0 Å². The number of hydrogen-bond acceptors (Lipinski definition) is 3. The Labute approximate surface area is 118 Å². The van der Waals surface area contributed by atoms with E-state index in [-0.39, 0.29) is 17.3 Å². The molecule has 0 aromatic heterocycles. The van der Waals surface area contributed by atoms with E-state index >= 15 is 0 Å². The minimum atomic E-state index is -0.970. The van der Waals surface area contributed by atoms with Crippen LogP contribution in [-0.4, -0.2) is 55.4 Å². The summed E-state index contributed by atoms with van der Waals surface area (Å²) in [6, 6.07) is 3.34. The van der Waals surface area contributed by atoms with Gasteiger partial charge >= 0.3 is 0 Å². The average Bonchev–Trinajstić information content (AvgIpc) is 2.43. The highest BCUT2D eigenvalue weighted by Crippen LogP contribution is 2.15. The summed E-state index contributed by atoms with van der Waals surface area (Å²) in [7, 11) is 2.08. The molecule has 1 heterocycles. The number of halogens is 2. The van der Waals surface area contributed by atoms with E-state index in [1.807, 2.05) is 6.92 Å². The van der Waals surface area contributed by atoms with Crippen LogP contribution in [0, 0.1) is 17.6 Å². The number of hydrogen-bond donors (Lipinski definition) is 0. The topological polar surface area (TPSA) is 23.6 Å². The molecule has 1 saturated heterocycles. The zero-order valence-corrected chi connectivity index (χ0v) is 11.9. The number of carbonyl (C=O) groups excluding carboxylic acids is 1. The van der Waals surface area contributed by atoms with Gasteiger partial charge in [-0.2, -0.15) is 0 Å². The maximum absolute atomic E-state index is 13.2. The van der Waals surface area contributed by atoms with Crippen molar-refractivity contribution in [1.82, 2.24) is 9.80 Å². The number of piperazine rings is 1. The Kier molecular flexibility index (Phi) is 4.83. The van der Waals surface area contributed by atoms with Gasteiger partial charge in [-0.05, 0) is 25.2 Å². The highest BCUT2D eigenvalue weighted by Gasteiger charge is 2.21. The molecule has 3 nitrogen and oxygen atoms in total. The van der Waals surface area contributed by atoms with Crippen molar-refractivity contribution in [3.05, 3.63) is 35.4 Å². The summed E-state index contributed by atoms with van der Waals surface area (Å²) in [5, 5.41) is 0. The Morgan fingerprint density at radius 3 is 2.45 bits per heavy atom. The molecule has 1 unspecified atom stereocenters. The van der Waals surface area contributed by atoms with Crippen LogP contribution in [0.15, 0.2) is 18.2 Å². The molecule has 0 amide bonds. The first-order chi connectivity index (χ1) is 9.47. The molecule has 1 fully saturated rings. The Hall–Kier alpha value is -1.33. The van der Waals surface area contributed by atoms with Crippen molar-refractivity contribution in [2.75, 3.05) is 39.8 Å².